The highest BCUT2D eigenvalue weighted by Crippen LogP contribution is 2.08. The molecule has 0 aliphatic heterocycles. The van der Waals surface area contributed by atoms with Gasteiger partial charge in [-0.25, -0.2) is 10.8 Å². The predicted octanol–water partition coefficient (Wildman–Crippen LogP) is 1.97. The normalized spacial score (nSPS) is 9.86. The number of hydrazine groups is 1. The second kappa shape index (κ2) is 6.21. The molecular formula is C10H18N4. The third kappa shape index (κ3) is 3.62. The van der Waals surface area contributed by atoms with Crippen LogP contribution in [0.4, 0.5) is 11.5 Å². The SMILES string of the molecule is CCCCCNc1ccc(NN)nc1. The molecule has 0 aliphatic carbocycles. The van der Waals surface area contributed by atoms with Crippen LogP contribution in [-0.2, 0) is 0 Å². The lowest BCUT2D eigenvalue weighted by atomic mass is 10.2. The molecule has 0 amide bonds. The van der Waals surface area contributed by atoms with Crippen molar-refractivity contribution in [3.8, 4) is 0 Å². The Morgan fingerprint density at radius 1 is 1.36 bits per heavy atom. The molecule has 4 N–H and O–H groups in total. The molecule has 1 rings (SSSR count). The van der Waals surface area contributed by atoms with Gasteiger partial charge in [0.15, 0.2) is 0 Å². The van der Waals surface area contributed by atoms with Crippen molar-refractivity contribution in [2.24, 2.45) is 5.84 Å². The fraction of sp³-hybridized carbons (Fsp3) is 0.500. The highest BCUT2D eigenvalue weighted by molar-refractivity contribution is 5.46. The number of unbranched alkanes of at least 4 members (excludes halogenated alkanes) is 2. The van der Waals surface area contributed by atoms with Gasteiger partial charge >= 0.3 is 0 Å². The number of pyridine rings is 1. The minimum atomic E-state index is 0.684. The van der Waals surface area contributed by atoms with Gasteiger partial charge in [0.1, 0.15) is 5.82 Å². The van der Waals surface area contributed by atoms with Crippen molar-refractivity contribution in [2.75, 3.05) is 17.3 Å². The molecule has 14 heavy (non-hydrogen) atoms. The number of hydrogen-bond donors (Lipinski definition) is 3. The summed E-state index contributed by atoms with van der Waals surface area (Å²) in [5, 5.41) is 3.30. The summed E-state index contributed by atoms with van der Waals surface area (Å²) in [4.78, 5) is 4.10. The summed E-state index contributed by atoms with van der Waals surface area (Å²) in [5.74, 6) is 5.89. The molecule has 4 nitrogen and oxygen atoms in total. The zero-order chi connectivity index (χ0) is 10.2. The molecule has 1 aromatic rings. The van der Waals surface area contributed by atoms with Crippen molar-refractivity contribution in [1.82, 2.24) is 4.98 Å². The van der Waals surface area contributed by atoms with E-state index in [4.69, 9.17) is 5.84 Å². The monoisotopic (exact) mass is 194 g/mol. The third-order valence-electron chi connectivity index (χ3n) is 2.02. The van der Waals surface area contributed by atoms with E-state index in [1.165, 1.54) is 19.3 Å². The van der Waals surface area contributed by atoms with E-state index in [9.17, 15) is 0 Å². The predicted molar refractivity (Wildman–Crippen MR) is 60.1 cm³/mol. The van der Waals surface area contributed by atoms with Gasteiger partial charge in [-0.3, -0.25) is 0 Å². The fourth-order valence-electron chi connectivity index (χ4n) is 1.19. The van der Waals surface area contributed by atoms with Crippen molar-refractivity contribution in [3.63, 3.8) is 0 Å². The smallest absolute Gasteiger partial charge is 0.140 e. The molecule has 0 spiro atoms. The van der Waals surface area contributed by atoms with Gasteiger partial charge in [0.2, 0.25) is 0 Å². The average molecular weight is 194 g/mol. The summed E-state index contributed by atoms with van der Waals surface area (Å²) in [7, 11) is 0. The first-order chi connectivity index (χ1) is 6.86. The van der Waals surface area contributed by atoms with Crippen LogP contribution < -0.4 is 16.6 Å². The van der Waals surface area contributed by atoms with Crippen LogP contribution in [0.15, 0.2) is 18.3 Å². The summed E-state index contributed by atoms with van der Waals surface area (Å²) < 4.78 is 0. The molecule has 1 heterocycles. The van der Waals surface area contributed by atoms with E-state index in [1.54, 1.807) is 6.20 Å². The maximum absolute atomic E-state index is 5.21. The molecular weight excluding hydrogens is 176 g/mol. The van der Waals surface area contributed by atoms with Gasteiger partial charge in [0.25, 0.3) is 0 Å². The summed E-state index contributed by atoms with van der Waals surface area (Å²) in [6, 6.07) is 3.82. The lowest BCUT2D eigenvalue weighted by Gasteiger charge is -2.05. The van der Waals surface area contributed by atoms with E-state index < -0.39 is 0 Å². The molecule has 0 aromatic carbocycles. The molecule has 4 heteroatoms. The summed E-state index contributed by atoms with van der Waals surface area (Å²) >= 11 is 0. The zero-order valence-electron chi connectivity index (χ0n) is 8.59. The number of aromatic nitrogens is 1. The first kappa shape index (κ1) is 10.8. The summed E-state index contributed by atoms with van der Waals surface area (Å²) in [6.07, 6.45) is 5.49. The van der Waals surface area contributed by atoms with Crippen LogP contribution >= 0.6 is 0 Å². The second-order valence-corrected chi connectivity index (χ2v) is 3.21. The van der Waals surface area contributed by atoms with Crippen LogP contribution in [0, 0.1) is 0 Å². The van der Waals surface area contributed by atoms with Crippen molar-refractivity contribution >= 4 is 11.5 Å². The Balaban J connectivity index is 2.29. The van der Waals surface area contributed by atoms with Crippen LogP contribution in [0.2, 0.25) is 0 Å². The Labute approximate surface area is 84.9 Å². The van der Waals surface area contributed by atoms with Crippen LogP contribution in [-0.4, -0.2) is 11.5 Å². The molecule has 0 radical (unpaired) electrons. The molecule has 0 saturated heterocycles. The number of nitrogens with zero attached hydrogens (tertiary/aromatic N) is 1. The van der Waals surface area contributed by atoms with Gasteiger partial charge in [-0.05, 0) is 18.6 Å². The lowest BCUT2D eigenvalue weighted by Crippen LogP contribution is -2.08. The number of nitrogens with two attached hydrogens (primary N) is 1. The quantitative estimate of drug-likeness (QED) is 0.368. The zero-order valence-corrected chi connectivity index (χ0v) is 8.59. The number of nitrogen functional groups attached to an aromatic ring is 1. The Morgan fingerprint density at radius 2 is 2.21 bits per heavy atom. The molecule has 0 fully saturated rings. The fourth-order valence-corrected chi connectivity index (χ4v) is 1.19. The van der Waals surface area contributed by atoms with E-state index >= 15 is 0 Å². The third-order valence-corrected chi connectivity index (χ3v) is 2.02. The number of hydrogen-bond acceptors (Lipinski definition) is 4. The highest BCUT2D eigenvalue weighted by atomic mass is 15.2. The minimum absolute atomic E-state index is 0.684. The highest BCUT2D eigenvalue weighted by Gasteiger charge is 1.92. The first-order valence-corrected chi connectivity index (χ1v) is 5.03. The van der Waals surface area contributed by atoms with E-state index in [0.717, 1.165) is 12.2 Å². The Hall–Kier alpha value is -1.29. The van der Waals surface area contributed by atoms with Gasteiger partial charge < -0.3 is 10.7 Å². The molecule has 0 saturated carbocycles. The molecule has 0 unspecified atom stereocenters. The molecule has 78 valence electrons. The summed E-state index contributed by atoms with van der Waals surface area (Å²) in [6.45, 7) is 3.20. The van der Waals surface area contributed by atoms with Crippen molar-refractivity contribution in [3.05, 3.63) is 18.3 Å². The topological polar surface area (TPSA) is 63.0 Å². The Kier molecular flexibility index (Phi) is 4.78. The first-order valence-electron chi connectivity index (χ1n) is 5.03. The van der Waals surface area contributed by atoms with Crippen LogP contribution in [0.3, 0.4) is 0 Å². The van der Waals surface area contributed by atoms with Gasteiger partial charge in [-0.15, -0.1) is 0 Å². The number of rotatable bonds is 6. The maximum Gasteiger partial charge on any atom is 0.140 e. The maximum atomic E-state index is 5.21. The number of nitrogens with one attached hydrogen (secondary N) is 2. The van der Waals surface area contributed by atoms with Crippen LogP contribution in [0.25, 0.3) is 0 Å². The van der Waals surface area contributed by atoms with Gasteiger partial charge in [0, 0.05) is 6.54 Å². The minimum Gasteiger partial charge on any atom is -0.384 e. The summed E-state index contributed by atoms with van der Waals surface area (Å²) in [5.41, 5.74) is 3.53. The lowest BCUT2D eigenvalue weighted by molar-refractivity contribution is 0.743. The van der Waals surface area contributed by atoms with Crippen LogP contribution in [0.5, 0.6) is 0 Å². The molecule has 0 aliphatic rings. The Bertz CT molecular complexity index is 245. The Morgan fingerprint density at radius 3 is 2.79 bits per heavy atom. The van der Waals surface area contributed by atoms with Crippen molar-refractivity contribution < 1.29 is 0 Å². The standard InChI is InChI=1S/C10H18N4/c1-2-3-4-7-12-9-5-6-10(14-11)13-8-9/h5-6,8,12H,2-4,7,11H2,1H3,(H,13,14). The molecule has 0 bridgehead atoms. The van der Waals surface area contributed by atoms with E-state index in [1.807, 2.05) is 12.1 Å². The van der Waals surface area contributed by atoms with E-state index in [0.29, 0.717) is 5.82 Å². The van der Waals surface area contributed by atoms with Gasteiger partial charge in [-0.2, -0.15) is 0 Å². The van der Waals surface area contributed by atoms with Gasteiger partial charge in [-0.1, -0.05) is 19.8 Å². The largest absolute Gasteiger partial charge is 0.384 e. The van der Waals surface area contributed by atoms with E-state index in [-0.39, 0.29) is 0 Å². The number of anilines is 2. The van der Waals surface area contributed by atoms with Gasteiger partial charge in [0.05, 0.1) is 11.9 Å². The second-order valence-electron chi connectivity index (χ2n) is 3.21. The van der Waals surface area contributed by atoms with E-state index in [2.05, 4.69) is 22.7 Å². The molecule has 0 atom stereocenters. The van der Waals surface area contributed by atoms with Crippen molar-refractivity contribution in [2.45, 2.75) is 26.2 Å². The molecule has 1 aromatic heterocycles. The average Bonchev–Trinajstić information content (AvgIpc) is 2.25. The van der Waals surface area contributed by atoms with Crippen molar-refractivity contribution in [1.29, 1.82) is 0 Å². The van der Waals surface area contributed by atoms with Crippen LogP contribution in [0.1, 0.15) is 26.2 Å².